The maximum atomic E-state index is 8.78. The van der Waals surface area contributed by atoms with Crippen LogP contribution in [0.4, 0.5) is 0 Å². The Balaban J connectivity index is 2.71. The molecule has 0 fully saturated rings. The molecule has 0 spiro atoms. The van der Waals surface area contributed by atoms with Crippen LogP contribution in [0.2, 0.25) is 0 Å². The molecular formula is C19H28O. The molecule has 0 saturated carbocycles. The number of rotatable bonds is 5. The van der Waals surface area contributed by atoms with Crippen LogP contribution < -0.4 is 0 Å². The van der Waals surface area contributed by atoms with E-state index >= 15 is 0 Å². The molecule has 20 heavy (non-hydrogen) atoms. The minimum absolute atomic E-state index is 0.0985. The highest BCUT2D eigenvalue weighted by atomic mass is 16.2. The molecule has 1 rings (SSSR count). The molecule has 1 aliphatic rings. The van der Waals surface area contributed by atoms with Crippen LogP contribution in [-0.2, 0) is 0 Å². The van der Waals surface area contributed by atoms with E-state index in [9.17, 15) is 0 Å². The lowest BCUT2D eigenvalue weighted by molar-refractivity contribution is 0.342. The third-order valence-electron chi connectivity index (χ3n) is 3.96. The molecule has 1 heteroatoms. The number of hydrogen-bond donors (Lipinski definition) is 1. The van der Waals surface area contributed by atoms with Crippen LogP contribution in [0.15, 0.2) is 58.7 Å². The summed E-state index contributed by atoms with van der Waals surface area (Å²) in [4.78, 5) is 0. The summed E-state index contributed by atoms with van der Waals surface area (Å²) in [5.74, 6) is 0. The van der Waals surface area contributed by atoms with E-state index in [1.807, 2.05) is 19.1 Å². The lowest BCUT2D eigenvalue weighted by atomic mass is 9.85. The van der Waals surface area contributed by atoms with Gasteiger partial charge in [-0.25, -0.2) is 0 Å². The van der Waals surface area contributed by atoms with Gasteiger partial charge in [-0.2, -0.15) is 0 Å². The van der Waals surface area contributed by atoms with Crippen molar-refractivity contribution in [1.82, 2.24) is 0 Å². The summed E-state index contributed by atoms with van der Waals surface area (Å²) < 4.78 is 0. The molecule has 0 unspecified atom stereocenters. The molecule has 110 valence electrons. The lowest BCUT2D eigenvalue weighted by Gasteiger charge is -2.20. The Morgan fingerprint density at radius 1 is 1.20 bits per heavy atom. The predicted octanol–water partition coefficient (Wildman–Crippen LogP) is 5.12. The molecule has 1 N–H and O–H groups in total. The summed E-state index contributed by atoms with van der Waals surface area (Å²) >= 11 is 0. The first kappa shape index (κ1) is 16.7. The number of aliphatic hydroxyl groups excluding tert-OH is 1. The van der Waals surface area contributed by atoms with Crippen LogP contribution in [-0.4, -0.2) is 11.7 Å². The molecule has 1 nitrogen and oxygen atoms in total. The fraction of sp³-hybridized carbons (Fsp3) is 0.474. The zero-order chi connectivity index (χ0) is 15.2. The zero-order valence-corrected chi connectivity index (χ0v) is 13.5. The Bertz CT molecular complexity index is 482. The number of allylic oxidation sites excluding steroid dienone is 9. The molecule has 0 heterocycles. The first-order valence-corrected chi connectivity index (χ1v) is 7.37. The second-order valence-corrected chi connectivity index (χ2v) is 6.31. The van der Waals surface area contributed by atoms with Gasteiger partial charge in [0.15, 0.2) is 0 Å². The minimum Gasteiger partial charge on any atom is -0.392 e. The smallest absolute Gasteiger partial charge is 0.0617 e. The van der Waals surface area contributed by atoms with Crippen LogP contribution in [0, 0.1) is 5.41 Å². The highest BCUT2D eigenvalue weighted by Crippen LogP contribution is 2.42. The van der Waals surface area contributed by atoms with Crippen molar-refractivity contribution in [3.8, 4) is 0 Å². The van der Waals surface area contributed by atoms with E-state index in [1.54, 1.807) is 6.08 Å². The van der Waals surface area contributed by atoms with E-state index < -0.39 is 0 Å². The van der Waals surface area contributed by atoms with Gasteiger partial charge in [0.05, 0.1) is 6.61 Å². The SMILES string of the molecule is CC(C=CC1=C(C)CCC1(C)C)=CC=CC(C)=CCO. The third kappa shape index (κ3) is 4.97. The van der Waals surface area contributed by atoms with Crippen LogP contribution in [0.5, 0.6) is 0 Å². The number of hydrogen-bond acceptors (Lipinski definition) is 1. The standard InChI is InChI=1S/C19H28O/c1-15(7-6-8-16(2)12-14-20)9-10-18-17(3)11-13-19(18,4)5/h6-10,12,20H,11,13-14H2,1-5H3. The van der Waals surface area contributed by atoms with Crippen molar-refractivity contribution in [2.75, 3.05) is 6.61 Å². The largest absolute Gasteiger partial charge is 0.392 e. The molecular weight excluding hydrogens is 244 g/mol. The van der Waals surface area contributed by atoms with E-state index in [-0.39, 0.29) is 6.61 Å². The predicted molar refractivity (Wildman–Crippen MR) is 88.6 cm³/mol. The molecule has 0 bridgehead atoms. The van der Waals surface area contributed by atoms with Crippen LogP contribution in [0.1, 0.15) is 47.5 Å². The van der Waals surface area contributed by atoms with Gasteiger partial charge >= 0.3 is 0 Å². The average Bonchev–Trinajstić information content (AvgIpc) is 2.61. The molecule has 0 amide bonds. The maximum absolute atomic E-state index is 8.78. The Morgan fingerprint density at radius 2 is 1.90 bits per heavy atom. The third-order valence-corrected chi connectivity index (χ3v) is 3.96. The van der Waals surface area contributed by atoms with Crippen molar-refractivity contribution in [2.45, 2.75) is 47.5 Å². The van der Waals surface area contributed by atoms with Gasteiger partial charge in [-0.1, -0.05) is 67.0 Å². The van der Waals surface area contributed by atoms with Gasteiger partial charge in [0.1, 0.15) is 0 Å². The number of aliphatic hydroxyl groups is 1. The van der Waals surface area contributed by atoms with E-state index in [0.717, 1.165) is 5.57 Å². The van der Waals surface area contributed by atoms with Gasteiger partial charge in [-0.05, 0) is 44.6 Å². The zero-order valence-electron chi connectivity index (χ0n) is 13.5. The van der Waals surface area contributed by atoms with Crippen LogP contribution in [0.25, 0.3) is 0 Å². The Kier molecular flexibility index (Phi) is 6.22. The molecule has 0 aromatic rings. The van der Waals surface area contributed by atoms with Crippen LogP contribution >= 0.6 is 0 Å². The van der Waals surface area contributed by atoms with Gasteiger partial charge < -0.3 is 5.11 Å². The fourth-order valence-corrected chi connectivity index (χ4v) is 2.55. The van der Waals surface area contributed by atoms with Gasteiger partial charge in [0.2, 0.25) is 0 Å². The molecule has 0 aliphatic heterocycles. The minimum atomic E-state index is 0.0985. The lowest BCUT2D eigenvalue weighted by Crippen LogP contribution is -2.08. The molecule has 1 aliphatic carbocycles. The Hall–Kier alpha value is -1.34. The van der Waals surface area contributed by atoms with Crippen molar-refractivity contribution in [3.05, 3.63) is 58.7 Å². The van der Waals surface area contributed by atoms with Crippen molar-refractivity contribution in [1.29, 1.82) is 0 Å². The van der Waals surface area contributed by atoms with E-state index in [1.165, 1.54) is 29.6 Å². The molecule has 0 aromatic heterocycles. The van der Waals surface area contributed by atoms with Crippen molar-refractivity contribution >= 4 is 0 Å². The normalized spacial score (nSPS) is 20.7. The molecule has 0 radical (unpaired) electrons. The maximum Gasteiger partial charge on any atom is 0.0617 e. The van der Waals surface area contributed by atoms with Crippen molar-refractivity contribution < 1.29 is 5.11 Å². The summed E-state index contributed by atoms with van der Waals surface area (Å²) in [6.07, 6.45) is 14.9. The van der Waals surface area contributed by atoms with E-state index in [4.69, 9.17) is 5.11 Å². The Labute approximate surface area is 124 Å². The second-order valence-electron chi connectivity index (χ2n) is 6.31. The molecule has 0 atom stereocenters. The summed E-state index contributed by atoms with van der Waals surface area (Å²) in [5.41, 5.74) is 5.65. The molecule has 0 saturated heterocycles. The van der Waals surface area contributed by atoms with E-state index in [2.05, 4.69) is 45.9 Å². The highest BCUT2D eigenvalue weighted by molar-refractivity contribution is 5.38. The first-order valence-electron chi connectivity index (χ1n) is 7.37. The van der Waals surface area contributed by atoms with Crippen LogP contribution in [0.3, 0.4) is 0 Å². The van der Waals surface area contributed by atoms with Crippen molar-refractivity contribution in [2.24, 2.45) is 5.41 Å². The van der Waals surface area contributed by atoms with Crippen molar-refractivity contribution in [3.63, 3.8) is 0 Å². The quantitative estimate of drug-likeness (QED) is 0.689. The fourth-order valence-electron chi connectivity index (χ4n) is 2.55. The monoisotopic (exact) mass is 272 g/mol. The topological polar surface area (TPSA) is 20.2 Å². The van der Waals surface area contributed by atoms with Gasteiger partial charge in [-0.15, -0.1) is 0 Å². The van der Waals surface area contributed by atoms with Gasteiger partial charge in [0, 0.05) is 0 Å². The van der Waals surface area contributed by atoms with E-state index in [0.29, 0.717) is 5.41 Å². The Morgan fingerprint density at radius 3 is 2.45 bits per heavy atom. The first-order chi connectivity index (χ1) is 9.36. The summed E-state index contributed by atoms with van der Waals surface area (Å²) in [6, 6.07) is 0. The summed E-state index contributed by atoms with van der Waals surface area (Å²) in [5, 5.41) is 8.78. The average molecular weight is 272 g/mol. The van der Waals surface area contributed by atoms with Gasteiger partial charge in [-0.3, -0.25) is 0 Å². The highest BCUT2D eigenvalue weighted by Gasteiger charge is 2.28. The summed E-state index contributed by atoms with van der Waals surface area (Å²) in [7, 11) is 0. The summed E-state index contributed by atoms with van der Waals surface area (Å²) in [6.45, 7) is 11.1. The second kappa shape index (κ2) is 7.44. The van der Waals surface area contributed by atoms with Gasteiger partial charge in [0.25, 0.3) is 0 Å². The molecule has 0 aromatic carbocycles.